The van der Waals surface area contributed by atoms with Crippen LogP contribution in [0.3, 0.4) is 0 Å². The first-order valence-corrected chi connectivity index (χ1v) is 8.57. The third kappa shape index (κ3) is 2.34. The summed E-state index contributed by atoms with van der Waals surface area (Å²) >= 11 is 0. The topological polar surface area (TPSA) is 68.4 Å². The molecule has 108 valence electrons. The highest BCUT2D eigenvalue weighted by Gasteiger charge is 2.65. The number of ether oxygens (including phenoxy) is 2. The summed E-state index contributed by atoms with van der Waals surface area (Å²) in [6.07, 6.45) is 2.56. The average molecular weight is 289 g/mol. The van der Waals surface area contributed by atoms with E-state index in [1.165, 1.54) is 6.26 Å². The summed E-state index contributed by atoms with van der Waals surface area (Å²) < 4.78 is 27.8. The summed E-state index contributed by atoms with van der Waals surface area (Å²) in [5.41, 5.74) is 0. The summed E-state index contributed by atoms with van der Waals surface area (Å²) in [4.78, 5) is 13.7. The third-order valence-electron chi connectivity index (χ3n) is 3.86. The van der Waals surface area contributed by atoms with Gasteiger partial charge >= 0.3 is 6.09 Å². The van der Waals surface area contributed by atoms with Crippen LogP contribution in [0, 0.1) is 0 Å². The maximum absolute atomic E-state index is 12.0. The summed E-state index contributed by atoms with van der Waals surface area (Å²) in [6, 6.07) is -0.0379. The second-order valence-corrected chi connectivity index (χ2v) is 7.47. The zero-order chi connectivity index (χ0) is 13.8. The van der Waals surface area contributed by atoms with Crippen molar-refractivity contribution >= 4 is 21.8 Å². The predicted octanol–water partition coefficient (Wildman–Crippen LogP) is 0.403. The molecule has 19 heavy (non-hydrogen) atoms. The lowest BCUT2D eigenvalue weighted by Gasteiger charge is -2.39. The van der Waals surface area contributed by atoms with Crippen molar-refractivity contribution in [3.63, 3.8) is 0 Å². The number of nitrogens with zero attached hydrogens (tertiary/aromatic N) is 1. The number of hydrogen-bond donors (Lipinski definition) is 0. The molecule has 0 aromatic heterocycles. The zero-order valence-corrected chi connectivity index (χ0v) is 11.9. The molecule has 0 N–H and O–H groups in total. The van der Waals surface area contributed by atoms with Crippen molar-refractivity contribution in [2.75, 3.05) is 12.9 Å². The number of amides is 1. The lowest BCUT2D eigenvalue weighted by atomic mass is 9.99. The molecule has 0 radical (unpaired) electrons. The Labute approximate surface area is 113 Å². The van der Waals surface area contributed by atoms with E-state index >= 15 is 0 Å². The fraction of sp³-hybridized carbons (Fsp3) is 0.833. The molecule has 3 aliphatic heterocycles. The normalized spacial score (nSPS) is 42.4. The molecule has 6 nitrogen and oxygen atoms in total. The molecule has 0 aliphatic carbocycles. The van der Waals surface area contributed by atoms with E-state index in [0.717, 1.165) is 0 Å². The molecule has 3 aliphatic rings. The number of morpholine rings is 1. The van der Waals surface area contributed by atoms with Crippen LogP contribution in [0.5, 0.6) is 0 Å². The van der Waals surface area contributed by atoms with Crippen molar-refractivity contribution in [1.82, 2.24) is 4.90 Å². The lowest BCUT2D eigenvalue weighted by molar-refractivity contribution is -0.00132. The van der Waals surface area contributed by atoms with Crippen molar-refractivity contribution < 1.29 is 22.7 Å². The van der Waals surface area contributed by atoms with Crippen LogP contribution in [0.15, 0.2) is 0 Å². The quantitative estimate of drug-likeness (QED) is 0.556. The monoisotopic (exact) mass is 289 g/mol. The molecular formula is C12H19NO5S. The van der Waals surface area contributed by atoms with Gasteiger partial charge in [0.1, 0.15) is 12.2 Å². The fourth-order valence-corrected chi connectivity index (χ4v) is 4.02. The molecule has 3 fully saturated rings. The van der Waals surface area contributed by atoms with Crippen LogP contribution in [0.25, 0.3) is 0 Å². The second-order valence-electron chi connectivity index (χ2n) is 5.42. The number of piperidine rings is 1. The molecule has 7 heteroatoms. The molecule has 3 saturated heterocycles. The van der Waals surface area contributed by atoms with Crippen molar-refractivity contribution in [2.45, 2.75) is 50.2 Å². The van der Waals surface area contributed by atoms with E-state index in [1.807, 2.05) is 0 Å². The van der Waals surface area contributed by atoms with Crippen LogP contribution in [-0.4, -0.2) is 64.3 Å². The number of fused-ring (bicyclic) bond motifs is 5. The highest BCUT2D eigenvalue weighted by Crippen LogP contribution is 2.49. The van der Waals surface area contributed by atoms with Gasteiger partial charge in [0.25, 0.3) is 0 Å². The van der Waals surface area contributed by atoms with E-state index < -0.39 is 9.80 Å². The predicted molar refractivity (Wildman–Crippen MR) is 70.4 cm³/mol. The molecule has 2 bridgehead atoms. The Morgan fingerprint density at radius 3 is 2.47 bits per heavy atom. The summed E-state index contributed by atoms with van der Waals surface area (Å²) in [6.45, 7) is 2.16. The van der Waals surface area contributed by atoms with Gasteiger partial charge in [0.05, 0.1) is 34.6 Å². The largest absolute Gasteiger partial charge is 0.450 e. The number of carbonyl (C=O) groups is 1. The molecule has 5 atom stereocenters. The van der Waals surface area contributed by atoms with Crippen molar-refractivity contribution in [2.24, 2.45) is 0 Å². The first kappa shape index (κ1) is 13.2. The van der Waals surface area contributed by atoms with E-state index in [1.54, 1.807) is 11.8 Å². The Morgan fingerprint density at radius 1 is 1.42 bits per heavy atom. The zero-order valence-electron chi connectivity index (χ0n) is 11.1. The summed E-state index contributed by atoms with van der Waals surface area (Å²) in [5.74, 6) is 3.52. The van der Waals surface area contributed by atoms with E-state index in [9.17, 15) is 9.00 Å². The smallest absolute Gasteiger partial charge is 0.410 e. The van der Waals surface area contributed by atoms with E-state index in [0.29, 0.717) is 19.4 Å². The van der Waals surface area contributed by atoms with Gasteiger partial charge in [-0.25, -0.2) is 9.00 Å². The van der Waals surface area contributed by atoms with Crippen LogP contribution in [-0.2, 0) is 23.5 Å². The summed E-state index contributed by atoms with van der Waals surface area (Å²) in [7, 11) is -2.47. The molecule has 0 spiro atoms. The lowest BCUT2D eigenvalue weighted by Crippen LogP contribution is -2.52. The van der Waals surface area contributed by atoms with Crippen LogP contribution in [0.2, 0.25) is 0 Å². The SMILES string of the molecule is C=S(C)(=O)OC1CC2C3OC3C(C1)N2C(=O)OCC. The Morgan fingerprint density at radius 2 is 2.00 bits per heavy atom. The highest BCUT2D eigenvalue weighted by atomic mass is 32.2. The van der Waals surface area contributed by atoms with Crippen LogP contribution in [0.4, 0.5) is 4.79 Å². The maximum Gasteiger partial charge on any atom is 0.410 e. The minimum absolute atomic E-state index is 0.0189. The number of epoxide rings is 1. The molecule has 0 aromatic carbocycles. The second kappa shape index (κ2) is 4.36. The molecular weight excluding hydrogens is 270 g/mol. The van der Waals surface area contributed by atoms with Gasteiger partial charge in [-0.3, -0.25) is 9.08 Å². The van der Waals surface area contributed by atoms with E-state index in [-0.39, 0.29) is 36.5 Å². The van der Waals surface area contributed by atoms with Gasteiger partial charge in [-0.05, 0) is 25.6 Å². The van der Waals surface area contributed by atoms with E-state index in [4.69, 9.17) is 13.7 Å². The Kier molecular flexibility index (Phi) is 3.03. The van der Waals surface area contributed by atoms with Crippen molar-refractivity contribution in [1.29, 1.82) is 0 Å². The molecule has 5 unspecified atom stereocenters. The molecule has 3 rings (SSSR count). The van der Waals surface area contributed by atoms with E-state index in [2.05, 4.69) is 5.87 Å². The Bertz CT molecular complexity index is 472. The minimum atomic E-state index is -2.47. The minimum Gasteiger partial charge on any atom is -0.450 e. The third-order valence-corrected chi connectivity index (χ3v) is 4.54. The highest BCUT2D eigenvalue weighted by molar-refractivity contribution is 7.95. The van der Waals surface area contributed by atoms with Crippen molar-refractivity contribution in [3.05, 3.63) is 0 Å². The van der Waals surface area contributed by atoms with Gasteiger partial charge in [-0.15, -0.1) is 0 Å². The van der Waals surface area contributed by atoms with Crippen LogP contribution >= 0.6 is 0 Å². The fourth-order valence-electron chi connectivity index (χ4n) is 3.28. The number of hydrogen-bond acceptors (Lipinski definition) is 5. The van der Waals surface area contributed by atoms with Crippen LogP contribution in [0.1, 0.15) is 19.8 Å². The molecule has 1 amide bonds. The van der Waals surface area contributed by atoms with Gasteiger partial charge < -0.3 is 9.47 Å². The van der Waals surface area contributed by atoms with Gasteiger partial charge in [-0.2, -0.15) is 0 Å². The first-order valence-electron chi connectivity index (χ1n) is 6.51. The molecule has 0 saturated carbocycles. The summed E-state index contributed by atoms with van der Waals surface area (Å²) in [5, 5.41) is 0. The Balaban J connectivity index is 1.72. The first-order chi connectivity index (χ1) is 8.90. The Hall–Kier alpha value is -0.790. The van der Waals surface area contributed by atoms with Crippen LogP contribution < -0.4 is 0 Å². The maximum atomic E-state index is 12.0. The molecule has 3 heterocycles. The van der Waals surface area contributed by atoms with Gasteiger partial charge in [0.2, 0.25) is 0 Å². The number of rotatable bonds is 3. The standard InChI is InChI=1S/C12H19NO5S/c1-4-16-12(14)13-8-5-7(18-19(2,3)15)6-9(13)11-10(8)17-11/h7-11H,2,4-6H2,1,3H3. The number of carbonyl (C=O) groups excluding carboxylic acids is 1. The molecule has 0 aromatic rings. The van der Waals surface area contributed by atoms with Gasteiger partial charge in [0.15, 0.2) is 0 Å². The average Bonchev–Trinajstić information content (AvgIpc) is 3.01. The van der Waals surface area contributed by atoms with Gasteiger partial charge in [0, 0.05) is 6.26 Å². The van der Waals surface area contributed by atoms with Gasteiger partial charge in [-0.1, -0.05) is 0 Å². The van der Waals surface area contributed by atoms with Crippen molar-refractivity contribution in [3.8, 4) is 0 Å².